The van der Waals surface area contributed by atoms with Crippen LogP contribution in [-0.2, 0) is 0 Å². The molecule has 0 saturated carbocycles. The van der Waals surface area contributed by atoms with Gasteiger partial charge in [-0.3, -0.25) is 0 Å². The molecule has 1 heteroatoms. The fraction of sp³-hybridized carbons (Fsp3) is 0.333. The van der Waals surface area contributed by atoms with Crippen molar-refractivity contribution in [3.63, 3.8) is 0 Å². The van der Waals surface area contributed by atoms with Gasteiger partial charge in [-0.2, -0.15) is 0 Å². The highest BCUT2D eigenvalue weighted by Gasteiger charge is 2.23. The van der Waals surface area contributed by atoms with E-state index < -0.39 is 0 Å². The van der Waals surface area contributed by atoms with E-state index in [1.165, 1.54) is 5.69 Å². The zero-order valence-electron chi connectivity index (χ0n) is 9.84. The van der Waals surface area contributed by atoms with Crippen molar-refractivity contribution in [3.05, 3.63) is 55.1 Å². The van der Waals surface area contributed by atoms with Crippen molar-refractivity contribution >= 4 is 5.69 Å². The summed E-state index contributed by atoms with van der Waals surface area (Å²) in [4.78, 5) is 2.49. The quantitative estimate of drug-likeness (QED) is 0.690. The van der Waals surface area contributed by atoms with E-state index in [0.29, 0.717) is 12.1 Å². The summed E-state index contributed by atoms with van der Waals surface area (Å²) in [6.07, 6.45) is 8.76. The number of anilines is 1. The molecule has 0 aliphatic carbocycles. The van der Waals surface area contributed by atoms with Crippen LogP contribution < -0.4 is 4.90 Å². The van der Waals surface area contributed by atoms with E-state index in [4.69, 9.17) is 0 Å². The maximum atomic E-state index is 3.86. The lowest BCUT2D eigenvalue weighted by Gasteiger charge is -2.39. The summed E-state index contributed by atoms with van der Waals surface area (Å²) < 4.78 is 0. The molecule has 2 atom stereocenters. The van der Waals surface area contributed by atoms with E-state index in [2.05, 4.69) is 60.9 Å². The fourth-order valence-electron chi connectivity index (χ4n) is 2.42. The summed E-state index contributed by atoms with van der Waals surface area (Å²) in [5.74, 6) is 0. The van der Waals surface area contributed by atoms with Gasteiger partial charge in [0, 0.05) is 17.8 Å². The first-order chi connectivity index (χ1) is 7.83. The Balaban J connectivity index is 2.27. The van der Waals surface area contributed by atoms with Crippen LogP contribution in [0.15, 0.2) is 55.1 Å². The van der Waals surface area contributed by atoms with Gasteiger partial charge in [0.1, 0.15) is 0 Å². The van der Waals surface area contributed by atoms with Crippen molar-refractivity contribution in [2.45, 2.75) is 31.8 Å². The Morgan fingerprint density at radius 2 is 2.12 bits per heavy atom. The van der Waals surface area contributed by atoms with Gasteiger partial charge in [0.25, 0.3) is 0 Å². The van der Waals surface area contributed by atoms with Crippen LogP contribution in [0.5, 0.6) is 0 Å². The Hall–Kier alpha value is -1.50. The second-order valence-corrected chi connectivity index (χ2v) is 4.33. The van der Waals surface area contributed by atoms with Gasteiger partial charge in [0.05, 0.1) is 0 Å². The van der Waals surface area contributed by atoms with Crippen molar-refractivity contribution < 1.29 is 0 Å². The molecule has 84 valence electrons. The first-order valence-electron chi connectivity index (χ1n) is 5.94. The third-order valence-corrected chi connectivity index (χ3v) is 3.15. The first-order valence-corrected chi connectivity index (χ1v) is 5.94. The Kier molecular flexibility index (Phi) is 3.45. The molecule has 1 aliphatic heterocycles. The summed E-state index contributed by atoms with van der Waals surface area (Å²) in [5.41, 5.74) is 1.31. The standard InChI is InChI=1S/C15H19N/c1-3-8-14-12-7-9-13(2)16(14)15-10-5-4-6-11-15/h3-7,9-11,13-14H,1,8,12H2,2H3/t13-,14-/m0/s1. The minimum absolute atomic E-state index is 0.473. The largest absolute Gasteiger partial charge is 0.362 e. The molecule has 0 N–H and O–H groups in total. The zero-order valence-corrected chi connectivity index (χ0v) is 9.84. The number of nitrogens with zero attached hydrogens (tertiary/aromatic N) is 1. The first kappa shape index (κ1) is 11.0. The molecule has 1 nitrogen and oxygen atoms in total. The van der Waals surface area contributed by atoms with Crippen LogP contribution >= 0.6 is 0 Å². The number of hydrogen-bond donors (Lipinski definition) is 0. The molecule has 0 bridgehead atoms. The summed E-state index contributed by atoms with van der Waals surface area (Å²) in [5, 5.41) is 0. The van der Waals surface area contributed by atoms with Crippen LogP contribution in [0.1, 0.15) is 19.8 Å². The van der Waals surface area contributed by atoms with E-state index in [1.54, 1.807) is 0 Å². The molecule has 0 aromatic heterocycles. The molecule has 1 aromatic carbocycles. The predicted octanol–water partition coefficient (Wildman–Crippen LogP) is 3.79. The highest BCUT2D eigenvalue weighted by Crippen LogP contribution is 2.27. The molecule has 2 rings (SSSR count). The molecule has 0 amide bonds. The molecular weight excluding hydrogens is 194 g/mol. The lowest BCUT2D eigenvalue weighted by atomic mass is 9.99. The van der Waals surface area contributed by atoms with Gasteiger partial charge in [0.15, 0.2) is 0 Å². The normalized spacial score (nSPS) is 24.4. The summed E-state index contributed by atoms with van der Waals surface area (Å²) in [6.45, 7) is 6.11. The van der Waals surface area contributed by atoms with Gasteiger partial charge in [-0.15, -0.1) is 6.58 Å². The summed E-state index contributed by atoms with van der Waals surface area (Å²) >= 11 is 0. The minimum atomic E-state index is 0.473. The lowest BCUT2D eigenvalue weighted by molar-refractivity contribution is 0.551. The van der Waals surface area contributed by atoms with E-state index in [9.17, 15) is 0 Å². The molecule has 1 aromatic rings. The van der Waals surface area contributed by atoms with Crippen molar-refractivity contribution in [1.82, 2.24) is 0 Å². The number of benzene rings is 1. The van der Waals surface area contributed by atoms with Gasteiger partial charge < -0.3 is 4.90 Å². The topological polar surface area (TPSA) is 3.24 Å². The Morgan fingerprint density at radius 3 is 2.81 bits per heavy atom. The van der Waals surface area contributed by atoms with Crippen LogP contribution in [0.4, 0.5) is 5.69 Å². The van der Waals surface area contributed by atoms with Gasteiger partial charge >= 0.3 is 0 Å². The van der Waals surface area contributed by atoms with Crippen molar-refractivity contribution in [2.75, 3.05) is 4.90 Å². The van der Waals surface area contributed by atoms with Gasteiger partial charge in [0.2, 0.25) is 0 Å². The molecule has 0 fully saturated rings. The SMILES string of the molecule is C=CC[C@H]1CC=C[C@H](C)N1c1ccccc1. The third-order valence-electron chi connectivity index (χ3n) is 3.15. The maximum absolute atomic E-state index is 3.86. The Labute approximate surface area is 98.1 Å². The Bertz CT molecular complexity index is 366. The minimum Gasteiger partial charge on any atom is -0.362 e. The Morgan fingerprint density at radius 1 is 1.38 bits per heavy atom. The highest BCUT2D eigenvalue weighted by molar-refractivity contribution is 5.50. The van der Waals surface area contributed by atoms with E-state index in [0.717, 1.165) is 12.8 Å². The average Bonchev–Trinajstić information content (AvgIpc) is 2.31. The number of para-hydroxylation sites is 1. The van der Waals surface area contributed by atoms with Crippen LogP contribution in [0.25, 0.3) is 0 Å². The van der Waals surface area contributed by atoms with Gasteiger partial charge in [-0.1, -0.05) is 36.4 Å². The zero-order chi connectivity index (χ0) is 11.4. The van der Waals surface area contributed by atoms with Crippen molar-refractivity contribution in [1.29, 1.82) is 0 Å². The summed E-state index contributed by atoms with van der Waals surface area (Å²) in [7, 11) is 0. The van der Waals surface area contributed by atoms with Gasteiger partial charge in [-0.05, 0) is 31.9 Å². The van der Waals surface area contributed by atoms with Crippen LogP contribution in [0.2, 0.25) is 0 Å². The molecule has 1 aliphatic rings. The predicted molar refractivity (Wildman–Crippen MR) is 70.7 cm³/mol. The van der Waals surface area contributed by atoms with Crippen LogP contribution in [0, 0.1) is 0 Å². The van der Waals surface area contributed by atoms with Crippen LogP contribution in [0.3, 0.4) is 0 Å². The third kappa shape index (κ3) is 2.19. The van der Waals surface area contributed by atoms with Crippen molar-refractivity contribution in [2.24, 2.45) is 0 Å². The summed E-state index contributed by atoms with van der Waals surface area (Å²) in [6, 6.07) is 11.7. The molecule has 0 saturated heterocycles. The van der Waals surface area contributed by atoms with E-state index >= 15 is 0 Å². The second kappa shape index (κ2) is 5.02. The lowest BCUT2D eigenvalue weighted by Crippen LogP contribution is -2.43. The molecule has 0 radical (unpaired) electrons. The number of rotatable bonds is 3. The molecule has 1 heterocycles. The monoisotopic (exact) mass is 213 g/mol. The van der Waals surface area contributed by atoms with E-state index in [-0.39, 0.29) is 0 Å². The molecular formula is C15H19N. The maximum Gasteiger partial charge on any atom is 0.0448 e. The highest BCUT2D eigenvalue weighted by atomic mass is 15.2. The van der Waals surface area contributed by atoms with E-state index in [1.807, 2.05) is 6.08 Å². The molecule has 0 spiro atoms. The van der Waals surface area contributed by atoms with Gasteiger partial charge in [-0.25, -0.2) is 0 Å². The number of hydrogen-bond acceptors (Lipinski definition) is 1. The fourth-order valence-corrected chi connectivity index (χ4v) is 2.42. The molecule has 16 heavy (non-hydrogen) atoms. The average molecular weight is 213 g/mol. The molecule has 0 unspecified atom stereocenters. The smallest absolute Gasteiger partial charge is 0.0448 e. The van der Waals surface area contributed by atoms with Crippen molar-refractivity contribution in [3.8, 4) is 0 Å². The van der Waals surface area contributed by atoms with Crippen LogP contribution in [-0.4, -0.2) is 12.1 Å². The second-order valence-electron chi connectivity index (χ2n) is 4.33.